The molecule has 4 nitrogen and oxygen atoms in total. The highest BCUT2D eigenvalue weighted by molar-refractivity contribution is 9.10. The van der Waals surface area contributed by atoms with Crippen LogP contribution in [0.15, 0.2) is 32.7 Å². The minimum atomic E-state index is 0.0304. The lowest BCUT2D eigenvalue weighted by Crippen LogP contribution is -2.05. The Morgan fingerprint density at radius 3 is 2.90 bits per heavy atom. The van der Waals surface area contributed by atoms with Crippen molar-refractivity contribution in [2.24, 2.45) is 5.73 Å². The van der Waals surface area contributed by atoms with Crippen LogP contribution in [0, 0.1) is 0 Å². The first kappa shape index (κ1) is 15.1. The zero-order valence-corrected chi connectivity index (χ0v) is 14.5. The summed E-state index contributed by atoms with van der Waals surface area (Å²) in [5.74, 6) is 1.13. The SMILES string of the molecule is C[C@@H](N)c1ccc(Sc2nnc3n2CCCCC3)cc1Br. The van der Waals surface area contributed by atoms with E-state index in [9.17, 15) is 0 Å². The van der Waals surface area contributed by atoms with Crippen LogP contribution in [0.4, 0.5) is 0 Å². The molecule has 1 aromatic heterocycles. The summed E-state index contributed by atoms with van der Waals surface area (Å²) in [4.78, 5) is 1.16. The first-order valence-corrected chi connectivity index (χ1v) is 8.91. The predicted molar refractivity (Wildman–Crippen MR) is 88.4 cm³/mol. The van der Waals surface area contributed by atoms with E-state index >= 15 is 0 Å². The van der Waals surface area contributed by atoms with Crippen molar-refractivity contribution in [3.05, 3.63) is 34.1 Å². The smallest absolute Gasteiger partial charge is 0.196 e. The molecule has 0 amide bonds. The number of fused-ring (bicyclic) bond motifs is 1. The van der Waals surface area contributed by atoms with Gasteiger partial charge in [0.25, 0.3) is 0 Å². The number of nitrogens with two attached hydrogens (primary N) is 1. The minimum Gasteiger partial charge on any atom is -0.324 e. The molecule has 2 heterocycles. The van der Waals surface area contributed by atoms with E-state index in [-0.39, 0.29) is 6.04 Å². The molecule has 0 unspecified atom stereocenters. The Morgan fingerprint density at radius 1 is 1.29 bits per heavy atom. The Labute approximate surface area is 137 Å². The molecule has 112 valence electrons. The number of halogens is 1. The molecule has 21 heavy (non-hydrogen) atoms. The average molecular weight is 367 g/mol. The molecular weight excluding hydrogens is 348 g/mol. The fourth-order valence-corrected chi connectivity index (χ4v) is 4.38. The van der Waals surface area contributed by atoms with E-state index in [0.29, 0.717) is 0 Å². The van der Waals surface area contributed by atoms with E-state index in [1.807, 2.05) is 6.92 Å². The standard InChI is InChI=1S/C15H19BrN4S/c1-10(17)12-7-6-11(9-13(12)16)21-15-19-18-14-5-3-2-4-8-20(14)15/h6-7,9-10H,2-5,8,17H2,1H3/t10-/m1/s1. The molecule has 2 aromatic rings. The molecule has 0 aliphatic carbocycles. The maximum Gasteiger partial charge on any atom is 0.196 e. The van der Waals surface area contributed by atoms with Crippen LogP contribution < -0.4 is 5.73 Å². The molecule has 1 aliphatic rings. The monoisotopic (exact) mass is 366 g/mol. The molecule has 0 bridgehead atoms. The van der Waals surface area contributed by atoms with Crippen molar-refractivity contribution in [2.45, 2.75) is 55.2 Å². The number of benzene rings is 1. The van der Waals surface area contributed by atoms with E-state index < -0.39 is 0 Å². The van der Waals surface area contributed by atoms with Crippen molar-refractivity contribution >= 4 is 27.7 Å². The van der Waals surface area contributed by atoms with E-state index in [4.69, 9.17) is 5.73 Å². The first-order chi connectivity index (χ1) is 10.1. The summed E-state index contributed by atoms with van der Waals surface area (Å²) < 4.78 is 3.32. The second-order valence-electron chi connectivity index (χ2n) is 5.44. The van der Waals surface area contributed by atoms with Gasteiger partial charge in [0.05, 0.1) is 0 Å². The van der Waals surface area contributed by atoms with Crippen LogP contribution in [0.2, 0.25) is 0 Å². The average Bonchev–Trinajstić information content (AvgIpc) is 2.68. The van der Waals surface area contributed by atoms with Gasteiger partial charge in [0.1, 0.15) is 5.82 Å². The fraction of sp³-hybridized carbons (Fsp3) is 0.467. The summed E-state index contributed by atoms with van der Waals surface area (Å²) in [6.45, 7) is 3.02. The Hall–Kier alpha value is -0.850. The van der Waals surface area contributed by atoms with Crippen LogP contribution in [0.5, 0.6) is 0 Å². The number of aromatic nitrogens is 3. The molecule has 2 N–H and O–H groups in total. The van der Waals surface area contributed by atoms with Gasteiger partial charge in [-0.1, -0.05) is 28.4 Å². The summed E-state index contributed by atoms with van der Waals surface area (Å²) in [7, 11) is 0. The molecule has 3 rings (SSSR count). The minimum absolute atomic E-state index is 0.0304. The normalized spacial score (nSPS) is 16.3. The number of nitrogens with zero attached hydrogens (tertiary/aromatic N) is 3. The Balaban J connectivity index is 1.84. The van der Waals surface area contributed by atoms with Crippen LogP contribution in [0.3, 0.4) is 0 Å². The van der Waals surface area contributed by atoms with Gasteiger partial charge in [0, 0.05) is 28.4 Å². The molecular formula is C15H19BrN4S. The third kappa shape index (κ3) is 3.33. The third-order valence-electron chi connectivity index (χ3n) is 3.75. The topological polar surface area (TPSA) is 56.7 Å². The summed E-state index contributed by atoms with van der Waals surface area (Å²) in [6.07, 6.45) is 4.76. The highest BCUT2D eigenvalue weighted by atomic mass is 79.9. The van der Waals surface area contributed by atoms with Gasteiger partial charge in [-0.3, -0.25) is 0 Å². The predicted octanol–water partition coefficient (Wildman–Crippen LogP) is 3.94. The molecule has 1 atom stereocenters. The van der Waals surface area contributed by atoms with Gasteiger partial charge in [-0.15, -0.1) is 10.2 Å². The Kier molecular flexibility index (Phi) is 4.66. The van der Waals surface area contributed by atoms with Crippen molar-refractivity contribution < 1.29 is 0 Å². The molecule has 6 heteroatoms. The van der Waals surface area contributed by atoms with Gasteiger partial charge >= 0.3 is 0 Å². The highest BCUT2D eigenvalue weighted by Gasteiger charge is 2.16. The second-order valence-corrected chi connectivity index (χ2v) is 7.33. The van der Waals surface area contributed by atoms with Crippen LogP contribution in [0.25, 0.3) is 0 Å². The van der Waals surface area contributed by atoms with Crippen molar-refractivity contribution in [1.29, 1.82) is 0 Å². The number of hydrogen-bond acceptors (Lipinski definition) is 4. The maximum atomic E-state index is 5.95. The summed E-state index contributed by atoms with van der Waals surface area (Å²) in [5, 5.41) is 9.69. The molecule has 0 spiro atoms. The molecule has 1 aromatic carbocycles. The van der Waals surface area contributed by atoms with Gasteiger partial charge in [-0.05, 0) is 49.2 Å². The van der Waals surface area contributed by atoms with Gasteiger partial charge in [0.15, 0.2) is 5.16 Å². The lowest BCUT2D eigenvalue weighted by molar-refractivity contribution is 0.591. The lowest BCUT2D eigenvalue weighted by atomic mass is 10.1. The van der Waals surface area contributed by atoms with E-state index in [0.717, 1.165) is 38.9 Å². The quantitative estimate of drug-likeness (QED) is 0.893. The molecule has 0 saturated heterocycles. The maximum absolute atomic E-state index is 5.95. The first-order valence-electron chi connectivity index (χ1n) is 7.30. The van der Waals surface area contributed by atoms with E-state index in [2.05, 4.69) is 48.9 Å². The van der Waals surface area contributed by atoms with Crippen molar-refractivity contribution in [1.82, 2.24) is 14.8 Å². The zero-order chi connectivity index (χ0) is 14.8. The van der Waals surface area contributed by atoms with Crippen LogP contribution in [-0.4, -0.2) is 14.8 Å². The summed E-state index contributed by atoms with van der Waals surface area (Å²) in [6, 6.07) is 6.33. The molecule has 0 fully saturated rings. The van der Waals surface area contributed by atoms with Crippen molar-refractivity contribution in [3.8, 4) is 0 Å². The number of rotatable bonds is 3. The van der Waals surface area contributed by atoms with E-state index in [1.165, 1.54) is 19.3 Å². The Morgan fingerprint density at radius 2 is 2.14 bits per heavy atom. The molecule has 1 aliphatic heterocycles. The molecule has 0 radical (unpaired) electrons. The van der Waals surface area contributed by atoms with Crippen molar-refractivity contribution in [3.63, 3.8) is 0 Å². The van der Waals surface area contributed by atoms with Crippen molar-refractivity contribution in [2.75, 3.05) is 0 Å². The van der Waals surface area contributed by atoms with Crippen LogP contribution >= 0.6 is 27.7 Å². The summed E-state index contributed by atoms with van der Waals surface area (Å²) >= 11 is 5.27. The highest BCUT2D eigenvalue weighted by Crippen LogP contribution is 2.32. The Bertz CT molecular complexity index is 639. The van der Waals surface area contributed by atoms with Gasteiger partial charge in [-0.2, -0.15) is 0 Å². The molecule has 0 saturated carbocycles. The van der Waals surface area contributed by atoms with Crippen LogP contribution in [0.1, 0.15) is 43.6 Å². The largest absolute Gasteiger partial charge is 0.324 e. The number of hydrogen-bond donors (Lipinski definition) is 1. The van der Waals surface area contributed by atoms with Crippen LogP contribution in [-0.2, 0) is 13.0 Å². The van der Waals surface area contributed by atoms with Gasteiger partial charge in [0.2, 0.25) is 0 Å². The second kappa shape index (κ2) is 6.50. The fourth-order valence-electron chi connectivity index (χ4n) is 2.58. The summed E-state index contributed by atoms with van der Waals surface area (Å²) in [5.41, 5.74) is 7.07. The van der Waals surface area contributed by atoms with Gasteiger partial charge < -0.3 is 10.3 Å². The van der Waals surface area contributed by atoms with Gasteiger partial charge in [-0.25, -0.2) is 0 Å². The third-order valence-corrected chi connectivity index (χ3v) is 5.41. The van der Waals surface area contributed by atoms with E-state index in [1.54, 1.807) is 11.8 Å². The lowest BCUT2D eigenvalue weighted by Gasteiger charge is -2.10. The number of aryl methyl sites for hydroxylation is 1. The zero-order valence-electron chi connectivity index (χ0n) is 12.1.